The number of benzene rings is 4. The number of carbonyl (C=O) groups is 1. The van der Waals surface area contributed by atoms with Crippen molar-refractivity contribution in [3.8, 4) is 18.2 Å². The summed E-state index contributed by atoms with van der Waals surface area (Å²) < 4.78 is 7.77. The van der Waals surface area contributed by atoms with E-state index in [2.05, 4.69) is 142 Å². The Kier molecular flexibility index (Phi) is 23.6. The molecular weight excluding hydrogens is 1220 g/mol. The average molecular weight is 1250 g/mol. The first-order chi connectivity index (χ1) is 31.3. The lowest BCUT2D eigenvalue weighted by molar-refractivity contribution is -0.115. The molecule has 336 valence electrons. The number of fused-ring (bicyclic) bond motifs is 6. The Bertz CT molecular complexity index is 3300. The number of thiocarbonyl (C=S) groups is 2. The number of halogens is 6. The van der Waals surface area contributed by atoms with Gasteiger partial charge in [-0.25, -0.2) is 19.5 Å². The van der Waals surface area contributed by atoms with E-state index in [4.69, 9.17) is 62.7 Å². The van der Waals surface area contributed by atoms with Gasteiger partial charge in [-0.2, -0.15) is 25.3 Å². The van der Waals surface area contributed by atoms with E-state index in [0.717, 1.165) is 56.6 Å². The first-order valence-corrected chi connectivity index (χ1v) is 24.3. The lowest BCUT2D eigenvalue weighted by Gasteiger charge is -2.04. The molecule has 66 heavy (non-hydrogen) atoms. The van der Waals surface area contributed by atoms with E-state index in [1.807, 2.05) is 60.8 Å². The number of nitrogen functional groups attached to an aromatic ring is 1. The molecule has 0 aliphatic carbocycles. The number of aromatic nitrogens is 7. The van der Waals surface area contributed by atoms with Gasteiger partial charge in [-0.05, 0) is 124 Å². The SMILES string of the molecule is CC(=O)CN.Cc1cc2c3cc(Br)ccc3nc(=S)n2[nH]1.Cc1nc2c3cc(Br)ccc3nc(SCC#N)n2n1.N#Cc1cc(Br)ccc1N.N#Cc1cc(Br)ccc1N=C=S.S=C(Cl)Cl. The number of thioether (sulfide) groups is 1. The number of nitriles is 3. The molecule has 4 aromatic carbocycles. The summed E-state index contributed by atoms with van der Waals surface area (Å²) in [5, 5.41) is 38.3. The Morgan fingerprint density at radius 1 is 0.848 bits per heavy atom. The Morgan fingerprint density at radius 2 is 1.38 bits per heavy atom. The summed E-state index contributed by atoms with van der Waals surface area (Å²) in [6, 6.07) is 30.4. The number of aryl methyl sites for hydroxylation is 2. The summed E-state index contributed by atoms with van der Waals surface area (Å²) in [5.74, 6) is 1.06. The summed E-state index contributed by atoms with van der Waals surface area (Å²) in [7, 11) is 0. The molecule has 4 heterocycles. The maximum atomic E-state index is 9.69. The zero-order chi connectivity index (χ0) is 49.1. The molecule has 0 radical (unpaired) electrons. The van der Waals surface area contributed by atoms with Crippen molar-refractivity contribution in [2.24, 2.45) is 10.7 Å². The Hall–Kier alpha value is -4.57. The van der Waals surface area contributed by atoms with Gasteiger partial charge in [0.2, 0.25) is 4.77 Å². The van der Waals surface area contributed by atoms with Gasteiger partial charge in [-0.3, -0.25) is 9.89 Å². The number of hydrogen-bond donors (Lipinski definition) is 3. The number of rotatable bonds is 4. The molecule has 4 aromatic heterocycles. The van der Waals surface area contributed by atoms with Crippen molar-refractivity contribution in [2.75, 3.05) is 18.0 Å². The molecular formula is C42H31Br4Cl2N13OS4. The van der Waals surface area contributed by atoms with Crippen LogP contribution in [-0.4, -0.2) is 61.2 Å². The fraction of sp³-hybridized carbons (Fsp3) is 0.119. The molecule has 0 saturated heterocycles. The van der Waals surface area contributed by atoms with Crippen LogP contribution in [0.5, 0.6) is 0 Å². The molecule has 0 atom stereocenters. The Balaban J connectivity index is 0.000000225. The highest BCUT2D eigenvalue weighted by Gasteiger charge is 2.13. The number of Topliss-reactive ketones (excluding diaryl/α,β-unsaturated/α-hetero) is 1. The summed E-state index contributed by atoms with van der Waals surface area (Å²) >= 11 is 38.0. The normalized spacial score (nSPS) is 9.74. The molecule has 0 aliphatic rings. The van der Waals surface area contributed by atoms with E-state index < -0.39 is 0 Å². The lowest BCUT2D eigenvalue weighted by atomic mass is 10.2. The van der Waals surface area contributed by atoms with Crippen LogP contribution < -0.4 is 11.5 Å². The zero-order valence-electron chi connectivity index (χ0n) is 34.4. The topological polar surface area (TPSA) is 229 Å². The van der Waals surface area contributed by atoms with E-state index >= 15 is 0 Å². The number of carbonyl (C=O) groups excluding carboxylic acids is 1. The van der Waals surface area contributed by atoms with E-state index in [0.29, 0.717) is 44.0 Å². The van der Waals surface area contributed by atoms with E-state index in [1.54, 1.807) is 40.9 Å². The highest BCUT2D eigenvalue weighted by atomic mass is 79.9. The summed E-state index contributed by atoms with van der Waals surface area (Å²) in [6.45, 7) is 5.47. The Labute approximate surface area is 441 Å². The van der Waals surface area contributed by atoms with Gasteiger partial charge in [-0.1, -0.05) is 111 Å². The van der Waals surface area contributed by atoms with Crippen molar-refractivity contribution in [3.63, 3.8) is 0 Å². The van der Waals surface area contributed by atoms with Crippen molar-refractivity contribution < 1.29 is 4.79 Å². The minimum Gasteiger partial charge on any atom is -0.398 e. The maximum absolute atomic E-state index is 9.69. The molecule has 0 fully saturated rings. The molecule has 0 spiro atoms. The number of aromatic amines is 1. The quantitative estimate of drug-likeness (QED) is 0.0372. The summed E-state index contributed by atoms with van der Waals surface area (Å²) in [6.07, 6.45) is 0. The second kappa shape index (κ2) is 27.9. The zero-order valence-corrected chi connectivity index (χ0v) is 45.5. The van der Waals surface area contributed by atoms with Gasteiger partial charge < -0.3 is 11.5 Å². The van der Waals surface area contributed by atoms with Crippen LogP contribution in [0.25, 0.3) is 33.0 Å². The van der Waals surface area contributed by atoms with E-state index in [-0.39, 0.29) is 16.1 Å². The van der Waals surface area contributed by atoms with Crippen molar-refractivity contribution in [1.29, 1.82) is 15.8 Å². The van der Waals surface area contributed by atoms with Gasteiger partial charge in [0, 0.05) is 40.0 Å². The van der Waals surface area contributed by atoms with Gasteiger partial charge in [0.05, 0.1) is 56.9 Å². The molecule has 0 aliphatic heterocycles. The van der Waals surface area contributed by atoms with Crippen LogP contribution in [0.3, 0.4) is 0 Å². The largest absolute Gasteiger partial charge is 0.398 e. The first-order valence-electron chi connectivity index (χ1n) is 18.1. The third-order valence-corrected chi connectivity index (χ3v) is 10.9. The van der Waals surface area contributed by atoms with E-state index in [1.165, 1.54) is 18.7 Å². The van der Waals surface area contributed by atoms with Crippen molar-refractivity contribution in [2.45, 2.75) is 25.9 Å². The van der Waals surface area contributed by atoms with Gasteiger partial charge >= 0.3 is 0 Å². The predicted molar refractivity (Wildman–Crippen MR) is 288 cm³/mol. The fourth-order valence-electron chi connectivity index (χ4n) is 5.07. The van der Waals surface area contributed by atoms with Gasteiger partial charge in [-0.15, -0.1) is 5.10 Å². The van der Waals surface area contributed by atoms with Crippen LogP contribution in [-0.2, 0) is 4.79 Å². The van der Waals surface area contributed by atoms with Crippen LogP contribution in [0.4, 0.5) is 11.4 Å². The number of ketones is 1. The monoisotopic (exact) mass is 1250 g/mol. The number of anilines is 1. The Morgan fingerprint density at radius 3 is 1.92 bits per heavy atom. The summed E-state index contributed by atoms with van der Waals surface area (Å²) in [5.41, 5.74) is 17.0. The first kappa shape index (κ1) is 55.8. The number of aliphatic imine (C=N–C) groups is 1. The lowest BCUT2D eigenvalue weighted by Crippen LogP contribution is -2.07. The molecule has 24 heteroatoms. The number of nitrogens with zero attached hydrogens (tertiary/aromatic N) is 10. The third-order valence-electron chi connectivity index (χ3n) is 7.77. The molecule has 0 bridgehead atoms. The number of H-pyrrole nitrogens is 1. The van der Waals surface area contributed by atoms with Gasteiger partial charge in [0.1, 0.15) is 23.7 Å². The van der Waals surface area contributed by atoms with Crippen LogP contribution >= 0.6 is 135 Å². The molecule has 0 saturated carbocycles. The van der Waals surface area contributed by atoms with E-state index in [9.17, 15) is 4.79 Å². The van der Waals surface area contributed by atoms with Crippen LogP contribution in [0.2, 0.25) is 0 Å². The third kappa shape index (κ3) is 17.3. The van der Waals surface area contributed by atoms with Crippen molar-refractivity contribution in [1.82, 2.24) is 34.2 Å². The number of nitrogens with one attached hydrogen (secondary N) is 1. The van der Waals surface area contributed by atoms with Crippen LogP contribution in [0, 0.1) is 52.6 Å². The minimum absolute atomic E-state index is 0.0324. The average Bonchev–Trinajstić information content (AvgIpc) is 3.88. The second-order valence-electron chi connectivity index (χ2n) is 12.6. The molecule has 0 amide bonds. The molecule has 8 aromatic rings. The highest BCUT2D eigenvalue weighted by Crippen LogP contribution is 2.27. The van der Waals surface area contributed by atoms with Crippen molar-refractivity contribution in [3.05, 3.63) is 124 Å². The highest BCUT2D eigenvalue weighted by molar-refractivity contribution is 9.11. The molecule has 5 N–H and O–H groups in total. The number of nitrogens with two attached hydrogens (primary N) is 2. The predicted octanol–water partition coefficient (Wildman–Crippen LogP) is 12.8. The standard InChI is InChI=1S/C12H8BrN5S.C11H8BrN3S.C8H3BrN2S.C7H5BrN2.C3H7NO.CCl2S/c1-7-15-11-9-6-8(13)2-3-10(9)16-12(18(11)17-7)19-5-4-14;1-6-4-10-8-5-7(12)2-3-9(8)13-11(16)15(10)14-6;9-7-1-2-8(11-5-12)6(3-7)4-10;8-6-1-2-7(10)5(3-6)4-9;1-3(5)2-4;2-1(3)4/h2-3,6H,5H2,1H3;2-5,14H,1H3;1-3H;1-3H,10H2;2,4H2,1H3;. The van der Waals surface area contributed by atoms with Crippen LogP contribution in [0.1, 0.15) is 29.6 Å². The smallest absolute Gasteiger partial charge is 0.219 e. The molecule has 14 nitrogen and oxygen atoms in total. The van der Waals surface area contributed by atoms with Crippen molar-refractivity contribution >= 4 is 194 Å². The fourth-order valence-corrected chi connectivity index (χ4v) is 7.46. The number of hydrogen-bond acceptors (Lipinski definition) is 15. The van der Waals surface area contributed by atoms with Gasteiger partial charge in [0.15, 0.2) is 14.6 Å². The summed E-state index contributed by atoms with van der Waals surface area (Å²) in [4.78, 5) is 26.8. The van der Waals surface area contributed by atoms with Gasteiger partial charge in [0.25, 0.3) is 0 Å². The minimum atomic E-state index is -0.0556. The van der Waals surface area contributed by atoms with Crippen LogP contribution in [0.15, 0.2) is 107 Å². The second-order valence-corrected chi connectivity index (χ2v) is 19.5. The molecule has 0 unspecified atom stereocenters. The number of isothiocyanates is 1. The maximum Gasteiger partial charge on any atom is 0.219 e. The molecule has 8 rings (SSSR count).